The summed E-state index contributed by atoms with van der Waals surface area (Å²) in [5, 5.41) is 7.47. The minimum Gasteiger partial charge on any atom is -0.736 e. The van der Waals surface area contributed by atoms with Gasteiger partial charge in [-0.15, -0.1) is 0 Å². The van der Waals surface area contributed by atoms with Crippen molar-refractivity contribution in [3.8, 4) is 11.5 Å². The van der Waals surface area contributed by atoms with Crippen LogP contribution in [0.2, 0.25) is 0 Å². The van der Waals surface area contributed by atoms with Crippen molar-refractivity contribution >= 4 is 50.9 Å². The highest BCUT2D eigenvalue weighted by molar-refractivity contribution is 7.46. The van der Waals surface area contributed by atoms with Crippen molar-refractivity contribution in [3.05, 3.63) is 109 Å². The molecule has 0 saturated carbocycles. The van der Waals surface area contributed by atoms with Gasteiger partial charge in [0.15, 0.2) is 0 Å². The summed E-state index contributed by atoms with van der Waals surface area (Å²) in [5.41, 5.74) is 0. The second-order valence-electron chi connectivity index (χ2n) is 7.91. The van der Waals surface area contributed by atoms with Crippen LogP contribution in [0.5, 0.6) is 11.5 Å². The Balaban J connectivity index is 1.40. The molecule has 160 valence electrons. The average Bonchev–Trinajstić information content (AvgIpc) is 2.84. The van der Waals surface area contributed by atoms with Gasteiger partial charge in [0.2, 0.25) is 0 Å². The third kappa shape index (κ3) is 3.50. The van der Waals surface area contributed by atoms with E-state index in [1.54, 1.807) is 24.3 Å². The fourth-order valence-electron chi connectivity index (χ4n) is 4.44. The van der Waals surface area contributed by atoms with Gasteiger partial charge in [0.25, 0.3) is 0 Å². The van der Waals surface area contributed by atoms with Crippen LogP contribution >= 0.6 is 7.82 Å². The van der Waals surface area contributed by atoms with E-state index in [0.717, 1.165) is 32.3 Å². The molecule has 0 amide bonds. The van der Waals surface area contributed by atoms with Gasteiger partial charge in [0, 0.05) is 10.8 Å². The minimum absolute atomic E-state index is 0.238. The number of rotatable bonds is 4. The van der Waals surface area contributed by atoms with Gasteiger partial charge in [0.1, 0.15) is 11.5 Å². The molecule has 5 heteroatoms. The lowest BCUT2D eigenvalue weighted by molar-refractivity contribution is -0.208. The maximum absolute atomic E-state index is 13.0. The highest BCUT2D eigenvalue weighted by Crippen LogP contribution is 2.45. The van der Waals surface area contributed by atoms with Gasteiger partial charge in [-0.2, -0.15) is 0 Å². The van der Waals surface area contributed by atoms with Crippen LogP contribution in [0.4, 0.5) is 0 Å². The van der Waals surface area contributed by atoms with Gasteiger partial charge in [-0.1, -0.05) is 97.1 Å². The summed E-state index contributed by atoms with van der Waals surface area (Å²) < 4.78 is 23.9. The van der Waals surface area contributed by atoms with Crippen molar-refractivity contribution in [3.63, 3.8) is 0 Å². The summed E-state index contributed by atoms with van der Waals surface area (Å²) in [6.45, 7) is 0. The van der Waals surface area contributed by atoms with E-state index in [1.165, 1.54) is 0 Å². The smallest absolute Gasteiger partial charge is 0.372 e. The summed E-state index contributed by atoms with van der Waals surface area (Å²) in [6, 6.07) is 34.3. The molecule has 0 aliphatic carbocycles. The molecule has 6 aromatic rings. The molecular weight excluding hydrogens is 431 g/mol. The molecule has 0 aliphatic rings. The lowest BCUT2D eigenvalue weighted by Gasteiger charge is -2.25. The van der Waals surface area contributed by atoms with Gasteiger partial charge in [-0.25, -0.2) is 4.57 Å². The van der Waals surface area contributed by atoms with Crippen LogP contribution in [0.15, 0.2) is 109 Å². The minimum atomic E-state index is -4.72. The number of benzene rings is 6. The number of hydrogen-bond donors (Lipinski definition) is 0. The molecule has 0 N–H and O–H groups in total. The Kier molecular flexibility index (Phi) is 4.58. The molecule has 0 radical (unpaired) electrons. The predicted octanol–water partition coefficient (Wildman–Crippen LogP) is 7.23. The molecule has 0 fully saturated rings. The summed E-state index contributed by atoms with van der Waals surface area (Å²) in [7, 11) is -4.72. The quantitative estimate of drug-likeness (QED) is 0.210. The van der Waals surface area contributed by atoms with E-state index in [1.807, 2.05) is 84.9 Å². The maximum atomic E-state index is 13.0. The molecule has 33 heavy (non-hydrogen) atoms. The first-order valence-electron chi connectivity index (χ1n) is 10.6. The van der Waals surface area contributed by atoms with Gasteiger partial charge in [-0.3, -0.25) is 0 Å². The van der Waals surface area contributed by atoms with E-state index in [2.05, 4.69) is 0 Å². The molecule has 6 rings (SSSR count). The topological polar surface area (TPSA) is 58.6 Å². The van der Waals surface area contributed by atoms with E-state index >= 15 is 0 Å². The monoisotopic (exact) mass is 449 g/mol. The standard InChI is InChI=1S/C28H19O4P/c29-33(30,31-27-13-5-11-23-21-9-3-1-7-19(21)15-17-25(23)27)32-28-14-6-12-24-22-10-4-2-8-20(22)16-18-26(24)28/h1-18H,(H,29,30)/p-1. The first-order chi connectivity index (χ1) is 16.1. The first kappa shape index (κ1) is 19.8. The first-order valence-corrected chi connectivity index (χ1v) is 12.1. The SMILES string of the molecule is O=P([O-])(Oc1cccc2c1ccc1ccccc12)Oc1cccc2c1ccc1ccccc12. The van der Waals surface area contributed by atoms with E-state index in [-0.39, 0.29) is 11.5 Å². The molecule has 0 atom stereocenters. The molecule has 0 bridgehead atoms. The van der Waals surface area contributed by atoms with Gasteiger partial charge in [0.05, 0.1) is 0 Å². The molecule has 0 heterocycles. The lowest BCUT2D eigenvalue weighted by atomic mass is 10.0. The second-order valence-corrected chi connectivity index (χ2v) is 9.17. The molecule has 6 aromatic carbocycles. The van der Waals surface area contributed by atoms with Crippen molar-refractivity contribution in [2.75, 3.05) is 0 Å². The largest absolute Gasteiger partial charge is 0.736 e. The van der Waals surface area contributed by atoms with Crippen molar-refractivity contribution in [1.29, 1.82) is 0 Å². The fourth-order valence-corrected chi connectivity index (χ4v) is 5.28. The van der Waals surface area contributed by atoms with Crippen LogP contribution in [0.25, 0.3) is 43.1 Å². The summed E-state index contributed by atoms with van der Waals surface area (Å²) in [6.07, 6.45) is 0. The molecule has 0 unspecified atom stereocenters. The van der Waals surface area contributed by atoms with Crippen LogP contribution in [0.3, 0.4) is 0 Å². The Hall–Kier alpha value is -3.85. The molecular formula is C28H18O4P-. The molecule has 0 aromatic heterocycles. The van der Waals surface area contributed by atoms with Crippen LogP contribution in [0.1, 0.15) is 0 Å². The van der Waals surface area contributed by atoms with E-state index < -0.39 is 7.82 Å². The third-order valence-corrected chi connectivity index (χ3v) is 6.75. The van der Waals surface area contributed by atoms with E-state index in [4.69, 9.17) is 9.05 Å². The molecule has 0 spiro atoms. The molecule has 0 saturated heterocycles. The zero-order valence-corrected chi connectivity index (χ0v) is 18.4. The summed E-state index contributed by atoms with van der Waals surface area (Å²) in [5.74, 6) is 0.476. The molecule has 0 aliphatic heterocycles. The number of fused-ring (bicyclic) bond motifs is 6. The van der Waals surface area contributed by atoms with Crippen molar-refractivity contribution in [1.82, 2.24) is 0 Å². The zero-order chi connectivity index (χ0) is 22.4. The number of phosphoric acid groups is 1. The third-order valence-electron chi connectivity index (χ3n) is 5.91. The maximum Gasteiger partial charge on any atom is 0.372 e. The van der Waals surface area contributed by atoms with E-state index in [0.29, 0.717) is 10.8 Å². The molecule has 4 nitrogen and oxygen atoms in total. The fraction of sp³-hybridized carbons (Fsp3) is 0. The number of hydrogen-bond acceptors (Lipinski definition) is 4. The summed E-state index contributed by atoms with van der Waals surface area (Å²) in [4.78, 5) is 13.0. The van der Waals surface area contributed by atoms with Crippen molar-refractivity contribution < 1.29 is 18.5 Å². The Morgan fingerprint density at radius 2 is 0.879 bits per heavy atom. The van der Waals surface area contributed by atoms with Gasteiger partial charge < -0.3 is 13.9 Å². The number of phosphoric ester groups is 1. The second kappa shape index (κ2) is 7.63. The van der Waals surface area contributed by atoms with Gasteiger partial charge >= 0.3 is 7.82 Å². The van der Waals surface area contributed by atoms with Gasteiger partial charge in [-0.05, 0) is 44.5 Å². The summed E-state index contributed by atoms with van der Waals surface area (Å²) >= 11 is 0. The normalized spacial score (nSPS) is 11.9. The van der Waals surface area contributed by atoms with Crippen LogP contribution < -0.4 is 13.9 Å². The average molecular weight is 449 g/mol. The highest BCUT2D eigenvalue weighted by atomic mass is 31.2. The Morgan fingerprint density at radius 3 is 1.36 bits per heavy atom. The predicted molar refractivity (Wildman–Crippen MR) is 132 cm³/mol. The van der Waals surface area contributed by atoms with Crippen molar-refractivity contribution in [2.24, 2.45) is 0 Å². The van der Waals surface area contributed by atoms with Crippen LogP contribution in [0, 0.1) is 0 Å². The lowest BCUT2D eigenvalue weighted by Crippen LogP contribution is -2.13. The Morgan fingerprint density at radius 1 is 0.455 bits per heavy atom. The Labute approximate surface area is 190 Å². The van der Waals surface area contributed by atoms with E-state index in [9.17, 15) is 9.46 Å². The van der Waals surface area contributed by atoms with Crippen LogP contribution in [-0.4, -0.2) is 0 Å². The Bertz CT molecular complexity index is 1600. The highest BCUT2D eigenvalue weighted by Gasteiger charge is 2.17. The van der Waals surface area contributed by atoms with Crippen LogP contribution in [-0.2, 0) is 4.57 Å². The zero-order valence-electron chi connectivity index (χ0n) is 17.5. The van der Waals surface area contributed by atoms with Crippen molar-refractivity contribution in [2.45, 2.75) is 0 Å².